The van der Waals surface area contributed by atoms with Crippen LogP contribution in [0.15, 0.2) is 103 Å². The van der Waals surface area contributed by atoms with Gasteiger partial charge in [0.15, 0.2) is 5.78 Å². The maximum Gasteiger partial charge on any atom is 0.453 e. The molecule has 0 aliphatic carbocycles. The molecule has 4 aromatic carbocycles. The number of amides is 1. The average molecular weight is 501 g/mol. The highest BCUT2D eigenvalue weighted by molar-refractivity contribution is 7.55. The van der Waals surface area contributed by atoms with E-state index in [4.69, 9.17) is 14.8 Å². The van der Waals surface area contributed by atoms with Gasteiger partial charge in [-0.3, -0.25) is 4.79 Å². The summed E-state index contributed by atoms with van der Waals surface area (Å²) in [5, 5.41) is 2.18. The van der Waals surface area contributed by atoms with Crippen LogP contribution in [0.4, 0.5) is 0 Å². The van der Waals surface area contributed by atoms with Crippen LogP contribution in [0.3, 0.4) is 0 Å². The fourth-order valence-corrected chi connectivity index (χ4v) is 6.92. The number of hydrogen-bond donors (Lipinski definition) is 1. The van der Waals surface area contributed by atoms with Crippen molar-refractivity contribution in [2.45, 2.75) is 31.1 Å². The molecule has 36 heavy (non-hydrogen) atoms. The van der Waals surface area contributed by atoms with E-state index < -0.39 is 19.4 Å². The van der Waals surface area contributed by atoms with E-state index in [9.17, 15) is 9.36 Å². The Labute approximate surface area is 211 Å². The summed E-state index contributed by atoms with van der Waals surface area (Å²) in [6.45, 7) is 0.451. The van der Waals surface area contributed by atoms with Crippen molar-refractivity contribution in [3.05, 3.63) is 109 Å². The Bertz CT molecular complexity index is 1330. The largest absolute Gasteiger partial charge is 0.453 e. The van der Waals surface area contributed by atoms with Gasteiger partial charge in [-0.2, -0.15) is 0 Å². The minimum absolute atomic E-state index is 0.251. The number of nitrogens with zero attached hydrogens (tertiary/aromatic N) is 1. The van der Waals surface area contributed by atoms with Crippen LogP contribution in [0.2, 0.25) is 0 Å². The molecule has 6 nitrogen and oxygen atoms in total. The van der Waals surface area contributed by atoms with Crippen molar-refractivity contribution in [3.8, 4) is 11.5 Å². The Kier molecular flexibility index (Phi) is 7.08. The number of likely N-dealkylation sites (tertiary alicyclic amines) is 1. The van der Waals surface area contributed by atoms with Crippen molar-refractivity contribution in [3.63, 3.8) is 0 Å². The highest BCUT2D eigenvalue weighted by Gasteiger charge is 2.48. The highest BCUT2D eigenvalue weighted by atomic mass is 31.2. The molecule has 1 amide bonds. The molecule has 0 aromatic heterocycles. The summed E-state index contributed by atoms with van der Waals surface area (Å²) in [7, 11) is -3.83. The Morgan fingerprint density at radius 1 is 0.861 bits per heavy atom. The van der Waals surface area contributed by atoms with Crippen molar-refractivity contribution in [1.29, 1.82) is 0 Å². The summed E-state index contributed by atoms with van der Waals surface area (Å²) in [6, 6.07) is 31.1. The summed E-state index contributed by atoms with van der Waals surface area (Å²) in [6.07, 6.45) is 1.58. The second-order valence-corrected chi connectivity index (χ2v) is 11.0. The van der Waals surface area contributed by atoms with Crippen LogP contribution in [0.25, 0.3) is 10.8 Å². The topological polar surface area (TPSA) is 81.9 Å². The standard InChI is InChI=1S/C29H29N2O4P/c30-27(21-23-13-9-12-22-11-7-8-18-26(22)23)29(32)31-20-10-19-28(31)36(33,34-24-14-3-1-4-15-24)35-25-16-5-2-6-17-25/h1-9,11-18,27-28H,10,19-21,30H2/t27-,28+/m0/s1. The zero-order valence-electron chi connectivity index (χ0n) is 19.9. The molecule has 7 heteroatoms. The first-order valence-electron chi connectivity index (χ1n) is 12.2. The molecule has 2 atom stereocenters. The van der Waals surface area contributed by atoms with Gasteiger partial charge in [-0.05, 0) is 59.9 Å². The summed E-state index contributed by atoms with van der Waals surface area (Å²) in [4.78, 5) is 15.2. The lowest BCUT2D eigenvalue weighted by Gasteiger charge is -2.32. The third kappa shape index (κ3) is 5.15. The normalized spacial score (nSPS) is 16.6. The third-order valence-corrected chi connectivity index (χ3v) is 8.66. The lowest BCUT2D eigenvalue weighted by Crippen LogP contribution is -2.47. The number of rotatable bonds is 8. The first-order chi connectivity index (χ1) is 17.5. The molecule has 0 unspecified atom stereocenters. The predicted octanol–water partition coefficient (Wildman–Crippen LogP) is 6.01. The predicted molar refractivity (Wildman–Crippen MR) is 142 cm³/mol. The van der Waals surface area contributed by atoms with Gasteiger partial charge in [0.2, 0.25) is 5.91 Å². The number of para-hydroxylation sites is 2. The zero-order chi connectivity index (χ0) is 25.0. The van der Waals surface area contributed by atoms with Crippen molar-refractivity contribution < 1.29 is 18.4 Å². The van der Waals surface area contributed by atoms with E-state index in [-0.39, 0.29) is 5.91 Å². The Hall–Kier alpha value is -3.60. The number of benzene rings is 4. The van der Waals surface area contributed by atoms with Gasteiger partial charge in [-0.15, -0.1) is 0 Å². The minimum atomic E-state index is -3.83. The number of hydrogen-bond acceptors (Lipinski definition) is 5. The van der Waals surface area contributed by atoms with Gasteiger partial charge in [-0.1, -0.05) is 78.9 Å². The number of nitrogens with two attached hydrogens (primary N) is 1. The van der Waals surface area contributed by atoms with Crippen LogP contribution < -0.4 is 14.8 Å². The fraction of sp³-hybridized carbons (Fsp3) is 0.207. The summed E-state index contributed by atoms with van der Waals surface area (Å²) in [5.74, 6) is -0.129. The molecule has 2 N–H and O–H groups in total. The van der Waals surface area contributed by atoms with E-state index in [2.05, 4.69) is 0 Å². The molecule has 0 saturated carbocycles. The quantitative estimate of drug-likeness (QED) is 0.300. The molecule has 0 bridgehead atoms. The lowest BCUT2D eigenvalue weighted by atomic mass is 9.98. The van der Waals surface area contributed by atoms with Crippen LogP contribution in [-0.4, -0.2) is 29.2 Å². The van der Waals surface area contributed by atoms with Crippen LogP contribution in [0.5, 0.6) is 11.5 Å². The SMILES string of the molecule is N[C@@H](Cc1cccc2ccccc12)C(=O)N1CCC[C@H]1P(=O)(Oc1ccccc1)Oc1ccccc1. The van der Waals surface area contributed by atoms with E-state index in [0.29, 0.717) is 37.3 Å². The maximum atomic E-state index is 14.3. The van der Waals surface area contributed by atoms with E-state index in [0.717, 1.165) is 16.3 Å². The number of fused-ring (bicyclic) bond motifs is 1. The Morgan fingerprint density at radius 2 is 1.44 bits per heavy atom. The Balaban J connectivity index is 1.41. The van der Waals surface area contributed by atoms with Gasteiger partial charge in [0, 0.05) is 6.54 Å². The number of carbonyl (C=O) groups excluding carboxylic acids is 1. The Morgan fingerprint density at radius 3 is 2.11 bits per heavy atom. The molecule has 1 aliphatic rings. The highest BCUT2D eigenvalue weighted by Crippen LogP contribution is 2.57. The molecule has 1 saturated heterocycles. The summed E-state index contributed by atoms with van der Waals surface area (Å²) < 4.78 is 26.4. The summed E-state index contributed by atoms with van der Waals surface area (Å²) >= 11 is 0. The average Bonchev–Trinajstić information content (AvgIpc) is 3.41. The number of carbonyl (C=O) groups is 1. The van der Waals surface area contributed by atoms with Gasteiger partial charge in [0.05, 0.1) is 6.04 Å². The molecular weight excluding hydrogens is 471 g/mol. The van der Waals surface area contributed by atoms with Crippen LogP contribution >= 0.6 is 7.60 Å². The molecule has 5 rings (SSSR count). The molecule has 184 valence electrons. The van der Waals surface area contributed by atoms with E-state index in [1.54, 1.807) is 53.4 Å². The van der Waals surface area contributed by atoms with Crippen molar-refractivity contribution >= 4 is 24.3 Å². The zero-order valence-corrected chi connectivity index (χ0v) is 20.8. The van der Waals surface area contributed by atoms with Crippen LogP contribution in [0, 0.1) is 0 Å². The lowest BCUT2D eigenvalue weighted by molar-refractivity contribution is -0.132. The van der Waals surface area contributed by atoms with E-state index in [1.807, 2.05) is 54.6 Å². The van der Waals surface area contributed by atoms with Crippen LogP contribution in [-0.2, 0) is 15.8 Å². The van der Waals surface area contributed by atoms with E-state index in [1.165, 1.54) is 0 Å². The van der Waals surface area contributed by atoms with Crippen molar-refractivity contribution in [2.75, 3.05) is 6.54 Å². The third-order valence-electron chi connectivity index (χ3n) is 6.46. The van der Waals surface area contributed by atoms with E-state index >= 15 is 0 Å². The smallest absolute Gasteiger partial charge is 0.415 e. The fourth-order valence-electron chi connectivity index (χ4n) is 4.74. The first-order valence-corrected chi connectivity index (χ1v) is 13.8. The summed E-state index contributed by atoms with van der Waals surface area (Å²) in [5.41, 5.74) is 7.48. The molecule has 1 aliphatic heterocycles. The molecule has 1 fully saturated rings. The molecule has 1 heterocycles. The van der Waals surface area contributed by atoms with Gasteiger partial charge < -0.3 is 19.7 Å². The molecule has 0 spiro atoms. The molecular formula is C29H29N2O4P. The minimum Gasteiger partial charge on any atom is -0.415 e. The maximum absolute atomic E-state index is 14.3. The van der Waals surface area contributed by atoms with Gasteiger partial charge >= 0.3 is 7.60 Å². The van der Waals surface area contributed by atoms with Gasteiger partial charge in [0.25, 0.3) is 0 Å². The molecule has 0 radical (unpaired) electrons. The van der Waals surface area contributed by atoms with Gasteiger partial charge in [0.1, 0.15) is 11.5 Å². The van der Waals surface area contributed by atoms with Crippen LogP contribution in [0.1, 0.15) is 18.4 Å². The van der Waals surface area contributed by atoms with Gasteiger partial charge in [-0.25, -0.2) is 4.57 Å². The van der Waals surface area contributed by atoms with Crippen molar-refractivity contribution in [1.82, 2.24) is 4.90 Å². The second kappa shape index (κ2) is 10.6. The second-order valence-electron chi connectivity index (χ2n) is 8.95. The first kappa shape index (κ1) is 24.1. The monoisotopic (exact) mass is 500 g/mol. The molecule has 4 aromatic rings. The van der Waals surface area contributed by atoms with Crippen molar-refractivity contribution in [2.24, 2.45) is 5.73 Å².